The Morgan fingerprint density at radius 2 is 1.88 bits per heavy atom. The number of carbonyl (C=O) groups excluding carboxylic acids is 3. The number of hydrogen-bond acceptors (Lipinski definition) is 8. The predicted octanol–water partition coefficient (Wildman–Crippen LogP) is 5.35. The first-order valence-electron chi connectivity index (χ1n) is 12.4. The average Bonchev–Trinajstić information content (AvgIpc) is 3.28. The summed E-state index contributed by atoms with van der Waals surface area (Å²) in [5.74, 6) is -2.61. The van der Waals surface area contributed by atoms with Crippen LogP contribution < -0.4 is 15.5 Å². The molecule has 2 aromatic rings. The summed E-state index contributed by atoms with van der Waals surface area (Å²) in [6.45, 7) is 4.54. The molecule has 1 aliphatic rings. The summed E-state index contributed by atoms with van der Waals surface area (Å²) in [6, 6.07) is -0.729. The van der Waals surface area contributed by atoms with Crippen LogP contribution in [0.25, 0.3) is 0 Å². The molecule has 18 heteroatoms. The van der Waals surface area contributed by atoms with Crippen molar-refractivity contribution in [2.45, 2.75) is 70.8 Å². The topological polar surface area (TPSA) is 122 Å². The Labute approximate surface area is 244 Å². The van der Waals surface area contributed by atoms with Gasteiger partial charge in [-0.1, -0.05) is 11.3 Å². The van der Waals surface area contributed by atoms with Gasteiger partial charge in [0.15, 0.2) is 15.4 Å². The number of nitrogens with one attached hydrogen (secondary N) is 2. The van der Waals surface area contributed by atoms with E-state index < -0.39 is 48.7 Å². The molecule has 1 atom stereocenters. The minimum absolute atomic E-state index is 0.0566. The van der Waals surface area contributed by atoms with Gasteiger partial charge in [0, 0.05) is 26.2 Å². The maximum atomic E-state index is 13.4. The van der Waals surface area contributed by atoms with Crippen LogP contribution in [0.4, 0.5) is 43.3 Å². The molecule has 0 aliphatic carbocycles. The number of aromatic nitrogens is 3. The molecule has 41 heavy (non-hydrogen) atoms. The fraction of sp³-hybridized carbons (Fsp3) is 0.609. The lowest BCUT2D eigenvalue weighted by Crippen LogP contribution is -2.45. The van der Waals surface area contributed by atoms with Gasteiger partial charge in [-0.2, -0.15) is 18.3 Å². The van der Waals surface area contributed by atoms with Crippen LogP contribution in [0.2, 0.25) is 0 Å². The third-order valence-electron chi connectivity index (χ3n) is 5.91. The van der Waals surface area contributed by atoms with Crippen LogP contribution in [-0.4, -0.2) is 82.0 Å². The Balaban J connectivity index is 1.84. The van der Waals surface area contributed by atoms with Crippen molar-refractivity contribution >= 4 is 61.7 Å². The lowest BCUT2D eigenvalue weighted by atomic mass is 10.1. The maximum absolute atomic E-state index is 13.4. The summed E-state index contributed by atoms with van der Waals surface area (Å²) >= 11 is 4.13. The number of carbonyl (C=O) groups is 3. The average molecular weight is 674 g/mol. The van der Waals surface area contributed by atoms with E-state index in [2.05, 4.69) is 36.6 Å². The van der Waals surface area contributed by atoms with E-state index in [1.54, 1.807) is 25.7 Å². The molecule has 2 aromatic heterocycles. The number of amides is 3. The number of hydrogen-bond donors (Lipinski definition) is 2. The quantitative estimate of drug-likeness (QED) is 0.380. The van der Waals surface area contributed by atoms with E-state index in [0.717, 1.165) is 23.1 Å². The van der Waals surface area contributed by atoms with Gasteiger partial charge < -0.3 is 19.9 Å². The summed E-state index contributed by atoms with van der Waals surface area (Å²) in [6.07, 6.45) is -6.72. The van der Waals surface area contributed by atoms with E-state index in [9.17, 15) is 36.3 Å². The van der Waals surface area contributed by atoms with Gasteiger partial charge in [-0.05, 0) is 56.0 Å². The molecule has 1 aliphatic heterocycles. The molecule has 0 bridgehead atoms. The van der Waals surface area contributed by atoms with Crippen LogP contribution in [0.5, 0.6) is 0 Å². The molecule has 1 fully saturated rings. The Bertz CT molecular complexity index is 1260. The molecule has 0 saturated carbocycles. The molecule has 0 spiro atoms. The van der Waals surface area contributed by atoms with Gasteiger partial charge in [-0.25, -0.2) is 23.2 Å². The smallest absolute Gasteiger partial charge is 0.444 e. The first-order chi connectivity index (χ1) is 19.0. The maximum Gasteiger partial charge on any atom is 0.471 e. The SMILES string of the molecule is CN(C(=O)C(F)(F)F)C1CCCN(c2c(NC(=O)c3nc(Br)sc3NC(=O)OC(C)(C)C)cnn2CC(F)F)CC1. The highest BCUT2D eigenvalue weighted by Crippen LogP contribution is 2.33. The highest BCUT2D eigenvalue weighted by Gasteiger charge is 2.43. The van der Waals surface area contributed by atoms with Crippen LogP contribution in [0.1, 0.15) is 50.5 Å². The molecule has 3 rings (SSSR count). The molecular weight excluding hydrogens is 645 g/mol. The van der Waals surface area contributed by atoms with E-state index >= 15 is 0 Å². The van der Waals surface area contributed by atoms with Crippen LogP contribution in [0.15, 0.2) is 10.1 Å². The van der Waals surface area contributed by atoms with Gasteiger partial charge in [0.2, 0.25) is 0 Å². The van der Waals surface area contributed by atoms with Gasteiger partial charge in [0.25, 0.3) is 12.3 Å². The fourth-order valence-electron chi connectivity index (χ4n) is 4.22. The van der Waals surface area contributed by atoms with Gasteiger partial charge in [0.1, 0.15) is 22.8 Å². The first kappa shape index (κ1) is 32.5. The second-order valence-electron chi connectivity index (χ2n) is 10.2. The number of nitrogens with zero attached hydrogens (tertiary/aromatic N) is 5. The Morgan fingerprint density at radius 3 is 2.49 bits per heavy atom. The largest absolute Gasteiger partial charge is 0.471 e. The lowest BCUT2D eigenvalue weighted by molar-refractivity contribution is -0.186. The summed E-state index contributed by atoms with van der Waals surface area (Å²) in [5.41, 5.74) is -0.923. The van der Waals surface area contributed by atoms with E-state index in [1.807, 2.05) is 0 Å². The lowest BCUT2D eigenvalue weighted by Gasteiger charge is -2.28. The van der Waals surface area contributed by atoms with Gasteiger partial charge in [-0.3, -0.25) is 14.9 Å². The minimum atomic E-state index is -5.02. The summed E-state index contributed by atoms with van der Waals surface area (Å²) in [7, 11) is 1.08. The van der Waals surface area contributed by atoms with Crippen molar-refractivity contribution in [3.05, 3.63) is 15.8 Å². The van der Waals surface area contributed by atoms with E-state index in [0.29, 0.717) is 11.3 Å². The second-order valence-corrected chi connectivity index (χ2v) is 12.4. The van der Waals surface area contributed by atoms with Crippen molar-refractivity contribution in [2.75, 3.05) is 35.7 Å². The van der Waals surface area contributed by atoms with Gasteiger partial charge in [-0.15, -0.1) is 0 Å². The molecule has 2 N–H and O–H groups in total. The van der Waals surface area contributed by atoms with Gasteiger partial charge >= 0.3 is 18.2 Å². The fourth-order valence-corrected chi connectivity index (χ4v) is 5.56. The highest BCUT2D eigenvalue weighted by atomic mass is 79.9. The predicted molar refractivity (Wildman–Crippen MR) is 145 cm³/mol. The summed E-state index contributed by atoms with van der Waals surface area (Å²) < 4.78 is 72.1. The normalized spacial score (nSPS) is 16.4. The van der Waals surface area contributed by atoms with Gasteiger partial charge in [0.05, 0.1) is 6.20 Å². The van der Waals surface area contributed by atoms with Crippen molar-refractivity contribution in [3.8, 4) is 0 Å². The number of anilines is 3. The molecule has 0 radical (unpaired) electrons. The monoisotopic (exact) mass is 673 g/mol. The standard InChI is InChI=1S/C23H29BrF5N7O4S/c1-22(2,3)40-21(39)33-17-15(32-20(24)41-17)16(37)31-13-10-30-36(11-14(25)26)18(13)35-8-5-6-12(7-9-35)34(4)19(38)23(27,28)29/h10,12,14H,5-9,11H2,1-4H3,(H,31,37)(H,33,39). The Hall–Kier alpha value is -3.02. The van der Waals surface area contributed by atoms with Crippen molar-refractivity contribution in [1.82, 2.24) is 19.7 Å². The van der Waals surface area contributed by atoms with Crippen LogP contribution in [0.3, 0.4) is 0 Å². The number of alkyl halides is 5. The summed E-state index contributed by atoms with van der Waals surface area (Å²) in [4.78, 5) is 43.6. The van der Waals surface area contributed by atoms with Crippen molar-refractivity contribution in [3.63, 3.8) is 0 Å². The molecule has 1 unspecified atom stereocenters. The zero-order chi connectivity index (χ0) is 30.7. The van der Waals surface area contributed by atoms with Crippen molar-refractivity contribution in [1.29, 1.82) is 0 Å². The van der Waals surface area contributed by atoms with E-state index in [-0.39, 0.29) is 52.0 Å². The molecule has 11 nitrogen and oxygen atoms in total. The zero-order valence-electron chi connectivity index (χ0n) is 22.5. The molecule has 3 heterocycles. The van der Waals surface area contributed by atoms with E-state index in [4.69, 9.17) is 4.74 Å². The van der Waals surface area contributed by atoms with Crippen LogP contribution in [0, 0.1) is 0 Å². The number of thiazole rings is 1. The molecule has 0 aromatic carbocycles. The number of ether oxygens (including phenoxy) is 1. The zero-order valence-corrected chi connectivity index (χ0v) is 24.9. The third-order valence-corrected chi connectivity index (χ3v) is 7.33. The number of halogens is 6. The van der Waals surface area contributed by atoms with Crippen molar-refractivity contribution < 1.29 is 41.1 Å². The third kappa shape index (κ3) is 8.73. The first-order valence-corrected chi connectivity index (χ1v) is 14.0. The molecule has 228 valence electrons. The van der Waals surface area contributed by atoms with Crippen LogP contribution >= 0.6 is 27.3 Å². The summed E-state index contributed by atoms with van der Waals surface area (Å²) in [5, 5.41) is 9.12. The molecule has 1 saturated heterocycles. The second kappa shape index (κ2) is 12.9. The van der Waals surface area contributed by atoms with Crippen molar-refractivity contribution in [2.24, 2.45) is 0 Å². The molecule has 3 amide bonds. The highest BCUT2D eigenvalue weighted by molar-refractivity contribution is 9.11. The van der Waals surface area contributed by atoms with Crippen LogP contribution in [-0.2, 0) is 16.1 Å². The number of rotatable bonds is 7. The minimum Gasteiger partial charge on any atom is -0.444 e. The molecular formula is C23H29BrF5N7O4S. The Kier molecular flexibility index (Phi) is 10.2. The van der Waals surface area contributed by atoms with E-state index in [1.165, 1.54) is 6.20 Å². The Morgan fingerprint density at radius 1 is 1.20 bits per heavy atom.